The van der Waals surface area contributed by atoms with Gasteiger partial charge in [0.05, 0.1) is 11.0 Å². The fraction of sp³-hybridized carbons (Fsp3) is 0.300. The molecule has 98 valence electrons. The zero-order valence-corrected chi connectivity index (χ0v) is 11.1. The lowest BCUT2D eigenvalue weighted by Gasteiger charge is -2.18. The van der Waals surface area contributed by atoms with Gasteiger partial charge in [0.2, 0.25) is 0 Å². The van der Waals surface area contributed by atoms with Crippen LogP contribution in [0.15, 0.2) is 30.4 Å². The molecule has 0 spiro atoms. The zero-order valence-electron chi connectivity index (χ0n) is 9.56. The van der Waals surface area contributed by atoms with Crippen LogP contribution < -0.4 is 10.6 Å². The van der Waals surface area contributed by atoms with E-state index >= 15 is 0 Å². The summed E-state index contributed by atoms with van der Waals surface area (Å²) in [5.74, 6) is 0.501. The second-order valence-corrected chi connectivity index (χ2v) is 4.04. The molecule has 0 bridgehead atoms. The number of pyridine rings is 1. The summed E-state index contributed by atoms with van der Waals surface area (Å²) >= 11 is 11.5. The number of hydrogen-bond donors (Lipinski definition) is 2. The molecule has 1 aromatic heterocycles. The third kappa shape index (κ3) is 4.38. The third-order valence-electron chi connectivity index (χ3n) is 2.14. The highest BCUT2D eigenvalue weighted by Crippen LogP contribution is 2.16. The number of halogens is 2. The average Bonchev–Trinajstić information content (AvgIpc) is 2.35. The lowest BCUT2D eigenvalue weighted by molar-refractivity contribution is -0.404. The molecule has 1 unspecified atom stereocenters. The predicted molar refractivity (Wildman–Crippen MR) is 70.0 cm³/mol. The van der Waals surface area contributed by atoms with Gasteiger partial charge in [0, 0.05) is 19.1 Å². The molecule has 0 aliphatic carbocycles. The SMILES string of the molecule is CN/C(=C\[N+](=O)[O-])NC(CCl)c1ccc(Cl)nc1. The molecule has 0 saturated heterocycles. The summed E-state index contributed by atoms with van der Waals surface area (Å²) in [5, 5.41) is 16.4. The third-order valence-corrected chi connectivity index (χ3v) is 2.67. The van der Waals surface area contributed by atoms with Crippen molar-refractivity contribution in [2.45, 2.75) is 6.04 Å². The Kier molecular flexibility index (Phi) is 5.67. The number of rotatable bonds is 6. The maximum absolute atomic E-state index is 10.4. The van der Waals surface area contributed by atoms with Gasteiger partial charge in [-0.2, -0.15) is 0 Å². The monoisotopic (exact) mass is 290 g/mol. The van der Waals surface area contributed by atoms with E-state index in [2.05, 4.69) is 15.6 Å². The van der Waals surface area contributed by atoms with Crippen LogP contribution in [0.1, 0.15) is 11.6 Å². The topological polar surface area (TPSA) is 80.1 Å². The summed E-state index contributed by atoms with van der Waals surface area (Å²) in [4.78, 5) is 13.8. The molecule has 18 heavy (non-hydrogen) atoms. The largest absolute Gasteiger partial charge is 0.370 e. The number of nitro groups is 1. The van der Waals surface area contributed by atoms with Crippen LogP contribution >= 0.6 is 23.2 Å². The fourth-order valence-electron chi connectivity index (χ4n) is 1.27. The molecule has 1 atom stereocenters. The van der Waals surface area contributed by atoms with Crippen LogP contribution in [0.4, 0.5) is 0 Å². The minimum absolute atomic E-state index is 0.236. The molecule has 0 saturated carbocycles. The molecule has 0 aliphatic heterocycles. The first-order valence-electron chi connectivity index (χ1n) is 5.04. The van der Waals surface area contributed by atoms with Gasteiger partial charge in [-0.15, -0.1) is 11.6 Å². The van der Waals surface area contributed by atoms with Crippen LogP contribution in [0.25, 0.3) is 0 Å². The minimum atomic E-state index is -0.551. The Balaban J connectivity index is 2.84. The van der Waals surface area contributed by atoms with Gasteiger partial charge in [0.15, 0.2) is 5.82 Å². The summed E-state index contributed by atoms with van der Waals surface area (Å²) in [6, 6.07) is 3.10. The van der Waals surface area contributed by atoms with Crippen LogP contribution in [0.5, 0.6) is 0 Å². The van der Waals surface area contributed by atoms with Crippen molar-refractivity contribution in [1.29, 1.82) is 0 Å². The Bertz CT molecular complexity index is 436. The van der Waals surface area contributed by atoms with E-state index in [9.17, 15) is 10.1 Å². The summed E-state index contributed by atoms with van der Waals surface area (Å²) in [6.07, 6.45) is 2.41. The normalized spacial score (nSPS) is 12.9. The quantitative estimate of drug-likeness (QED) is 0.362. The Labute approximate surface area is 114 Å². The summed E-state index contributed by atoms with van der Waals surface area (Å²) in [7, 11) is 1.58. The molecular formula is C10H12Cl2N4O2. The van der Waals surface area contributed by atoms with Crippen LogP contribution in [0.3, 0.4) is 0 Å². The molecule has 1 heterocycles. The van der Waals surface area contributed by atoms with Gasteiger partial charge in [0.25, 0.3) is 6.20 Å². The van der Waals surface area contributed by atoms with Crippen LogP contribution in [-0.4, -0.2) is 22.8 Å². The molecule has 0 aromatic carbocycles. The second kappa shape index (κ2) is 7.03. The predicted octanol–water partition coefficient (Wildman–Crippen LogP) is 1.90. The van der Waals surface area contributed by atoms with Crippen molar-refractivity contribution >= 4 is 23.2 Å². The highest BCUT2D eigenvalue weighted by atomic mass is 35.5. The molecule has 8 heteroatoms. The van der Waals surface area contributed by atoms with Crippen LogP contribution in [0, 0.1) is 10.1 Å². The molecule has 6 nitrogen and oxygen atoms in total. The lowest BCUT2D eigenvalue weighted by atomic mass is 10.1. The van der Waals surface area contributed by atoms with Crippen molar-refractivity contribution < 1.29 is 4.92 Å². The van der Waals surface area contributed by atoms with Crippen molar-refractivity contribution in [2.24, 2.45) is 0 Å². The van der Waals surface area contributed by atoms with Gasteiger partial charge >= 0.3 is 0 Å². The lowest BCUT2D eigenvalue weighted by Crippen LogP contribution is -2.29. The maximum atomic E-state index is 10.4. The van der Waals surface area contributed by atoms with Crippen LogP contribution in [-0.2, 0) is 0 Å². The Morgan fingerprint density at radius 1 is 1.67 bits per heavy atom. The van der Waals surface area contributed by atoms with Crippen molar-refractivity contribution in [3.63, 3.8) is 0 Å². The fourth-order valence-corrected chi connectivity index (χ4v) is 1.64. The minimum Gasteiger partial charge on any atom is -0.370 e. The van der Waals surface area contributed by atoms with E-state index < -0.39 is 4.92 Å². The zero-order chi connectivity index (χ0) is 13.5. The number of nitrogens with one attached hydrogen (secondary N) is 2. The standard InChI is InChI=1S/C10H12Cl2N4O2/c1-13-10(6-16(17)18)15-8(4-11)7-2-3-9(12)14-5-7/h2-3,5-6,8,13,15H,4H2,1H3/b10-6+. The number of alkyl halides is 1. The Hall–Kier alpha value is -1.53. The molecule has 1 rings (SSSR count). The molecule has 1 aromatic rings. The first-order valence-corrected chi connectivity index (χ1v) is 5.95. The van der Waals surface area contributed by atoms with Crippen molar-refractivity contribution in [1.82, 2.24) is 15.6 Å². The van der Waals surface area contributed by atoms with Gasteiger partial charge in [-0.05, 0) is 11.6 Å². The molecular weight excluding hydrogens is 279 g/mol. The van der Waals surface area contributed by atoms with E-state index in [0.717, 1.165) is 11.8 Å². The Morgan fingerprint density at radius 2 is 2.39 bits per heavy atom. The van der Waals surface area contributed by atoms with E-state index in [1.165, 1.54) is 0 Å². The number of hydrogen-bond acceptors (Lipinski definition) is 5. The first kappa shape index (κ1) is 14.5. The maximum Gasteiger partial charge on any atom is 0.274 e. The highest BCUT2D eigenvalue weighted by Gasteiger charge is 2.13. The molecule has 0 aliphatic rings. The number of nitrogens with zero attached hydrogens (tertiary/aromatic N) is 2. The van der Waals surface area contributed by atoms with Gasteiger partial charge < -0.3 is 10.6 Å². The Morgan fingerprint density at radius 3 is 2.83 bits per heavy atom. The molecule has 0 fully saturated rings. The average molecular weight is 291 g/mol. The van der Waals surface area contributed by atoms with Crippen LogP contribution in [0.2, 0.25) is 5.15 Å². The van der Waals surface area contributed by atoms with Gasteiger partial charge in [-0.1, -0.05) is 17.7 Å². The van der Waals surface area contributed by atoms with Crippen molar-refractivity contribution in [3.8, 4) is 0 Å². The van der Waals surface area contributed by atoms with E-state index in [-0.39, 0.29) is 17.7 Å². The van der Waals surface area contributed by atoms with Crippen molar-refractivity contribution in [2.75, 3.05) is 12.9 Å². The highest BCUT2D eigenvalue weighted by molar-refractivity contribution is 6.29. The summed E-state index contributed by atoms with van der Waals surface area (Å²) in [6.45, 7) is 0. The molecule has 0 amide bonds. The summed E-state index contributed by atoms with van der Waals surface area (Å²) < 4.78 is 0. The first-order chi connectivity index (χ1) is 8.56. The van der Waals surface area contributed by atoms with E-state index in [1.807, 2.05) is 0 Å². The summed E-state index contributed by atoms with van der Waals surface area (Å²) in [5.41, 5.74) is 0.791. The number of aromatic nitrogens is 1. The van der Waals surface area contributed by atoms with E-state index in [0.29, 0.717) is 5.15 Å². The van der Waals surface area contributed by atoms with Gasteiger partial charge in [-0.25, -0.2) is 4.98 Å². The van der Waals surface area contributed by atoms with Gasteiger partial charge in [0.1, 0.15) is 5.15 Å². The van der Waals surface area contributed by atoms with E-state index in [1.54, 1.807) is 25.4 Å². The molecule has 0 radical (unpaired) electrons. The van der Waals surface area contributed by atoms with E-state index in [4.69, 9.17) is 23.2 Å². The second-order valence-electron chi connectivity index (χ2n) is 3.34. The molecule has 2 N–H and O–H groups in total. The van der Waals surface area contributed by atoms with Crippen molar-refractivity contribution in [3.05, 3.63) is 51.2 Å². The smallest absolute Gasteiger partial charge is 0.274 e. The van der Waals surface area contributed by atoms with Gasteiger partial charge in [-0.3, -0.25) is 10.1 Å².